The quantitative estimate of drug-likeness (QED) is 0.0320. The van der Waals surface area contributed by atoms with Gasteiger partial charge in [-0.2, -0.15) is 0 Å². The molecule has 0 radical (unpaired) electrons. The zero-order valence-electron chi connectivity index (χ0n) is 50.5. The van der Waals surface area contributed by atoms with Crippen LogP contribution >= 0.6 is 0 Å². The molecule has 0 bridgehead atoms. The van der Waals surface area contributed by atoms with Gasteiger partial charge in [-0.1, -0.05) is 326 Å². The first kappa shape index (κ1) is 73.1. The number of amides is 1. The number of hydrogen-bond acceptors (Lipinski definition) is 5. The first-order valence-corrected chi connectivity index (χ1v) is 33.8. The van der Waals surface area contributed by atoms with Gasteiger partial charge >= 0.3 is 5.97 Å². The number of aliphatic hydroxyl groups excluding tert-OH is 2. The van der Waals surface area contributed by atoms with Crippen LogP contribution in [0.25, 0.3) is 0 Å². The zero-order chi connectivity index (χ0) is 54.3. The van der Waals surface area contributed by atoms with Crippen LogP contribution < -0.4 is 5.32 Å². The average Bonchev–Trinajstić information content (AvgIpc) is 3.41. The molecule has 0 saturated heterocycles. The third-order valence-corrected chi connectivity index (χ3v) is 15.7. The summed E-state index contributed by atoms with van der Waals surface area (Å²) < 4.78 is 5.50. The van der Waals surface area contributed by atoms with E-state index in [1.54, 1.807) is 6.08 Å². The molecule has 2 unspecified atom stereocenters. The molecule has 1 amide bonds. The second-order valence-electron chi connectivity index (χ2n) is 23.2. The van der Waals surface area contributed by atoms with Crippen molar-refractivity contribution in [2.45, 2.75) is 379 Å². The van der Waals surface area contributed by atoms with E-state index in [0.29, 0.717) is 19.4 Å². The number of ether oxygens (including phenoxy) is 1. The van der Waals surface area contributed by atoms with E-state index in [2.05, 4.69) is 43.5 Å². The largest absolute Gasteiger partial charge is 0.466 e. The molecule has 2 atom stereocenters. The first-order valence-electron chi connectivity index (χ1n) is 33.8. The van der Waals surface area contributed by atoms with E-state index in [1.165, 1.54) is 289 Å². The lowest BCUT2D eigenvalue weighted by atomic mass is 10.0. The third-order valence-electron chi connectivity index (χ3n) is 15.7. The van der Waals surface area contributed by atoms with Gasteiger partial charge in [0.25, 0.3) is 0 Å². The maximum atomic E-state index is 12.4. The number of esters is 1. The van der Waals surface area contributed by atoms with Crippen molar-refractivity contribution in [3.8, 4) is 0 Å². The van der Waals surface area contributed by atoms with Crippen molar-refractivity contribution in [2.24, 2.45) is 0 Å². The minimum Gasteiger partial charge on any atom is -0.466 e. The van der Waals surface area contributed by atoms with E-state index in [-0.39, 0.29) is 18.5 Å². The number of rotatable bonds is 63. The SMILES string of the molecule is CCCCCC/C=C\C/C=C\CCCCCCCCCC(=O)OCCCCCCCCCCCCCCCCCCCCCCCCCCCCCCCC(=O)NC(CO)C(O)/C=C/CCCCCCCCCCC. The molecule has 6 nitrogen and oxygen atoms in total. The van der Waals surface area contributed by atoms with Crippen LogP contribution in [0.4, 0.5) is 0 Å². The van der Waals surface area contributed by atoms with Crippen LogP contribution in [-0.2, 0) is 14.3 Å². The van der Waals surface area contributed by atoms with Crippen LogP contribution in [0.5, 0.6) is 0 Å². The summed E-state index contributed by atoms with van der Waals surface area (Å²) in [5, 5.41) is 23.0. The minimum atomic E-state index is -0.840. The average molecular weight is 1050 g/mol. The van der Waals surface area contributed by atoms with Gasteiger partial charge < -0.3 is 20.3 Å². The molecule has 0 aromatic carbocycles. The maximum Gasteiger partial charge on any atom is 0.305 e. The first-order chi connectivity index (χ1) is 37.0. The lowest BCUT2D eigenvalue weighted by Crippen LogP contribution is -2.45. The topological polar surface area (TPSA) is 95.9 Å². The molecule has 3 N–H and O–H groups in total. The summed E-state index contributed by atoms with van der Waals surface area (Å²) >= 11 is 0. The smallest absolute Gasteiger partial charge is 0.305 e. The summed E-state index contributed by atoms with van der Waals surface area (Å²) in [5.74, 6) is -0.0527. The number of unbranched alkanes of at least 4 members (excludes halogenated alkanes) is 48. The molecule has 0 rings (SSSR count). The van der Waals surface area contributed by atoms with Gasteiger partial charge in [0.05, 0.1) is 25.4 Å². The predicted octanol–water partition coefficient (Wildman–Crippen LogP) is 21.5. The summed E-state index contributed by atoms with van der Waals surface area (Å²) in [6.45, 7) is 4.89. The second-order valence-corrected chi connectivity index (χ2v) is 23.2. The van der Waals surface area contributed by atoms with Gasteiger partial charge in [0, 0.05) is 12.8 Å². The lowest BCUT2D eigenvalue weighted by molar-refractivity contribution is -0.143. The van der Waals surface area contributed by atoms with Crippen molar-refractivity contribution in [1.29, 1.82) is 0 Å². The third kappa shape index (κ3) is 61.2. The highest BCUT2D eigenvalue weighted by Crippen LogP contribution is 2.18. The van der Waals surface area contributed by atoms with Crippen molar-refractivity contribution in [1.82, 2.24) is 5.32 Å². The number of carbonyl (C=O) groups is 2. The minimum absolute atomic E-state index is 0.0119. The van der Waals surface area contributed by atoms with Crippen molar-refractivity contribution in [2.75, 3.05) is 13.2 Å². The van der Waals surface area contributed by atoms with E-state index in [1.807, 2.05) is 6.08 Å². The molecule has 0 aliphatic rings. The van der Waals surface area contributed by atoms with Gasteiger partial charge in [0.1, 0.15) is 0 Å². The summed E-state index contributed by atoms with van der Waals surface area (Å²) in [4.78, 5) is 24.5. The fourth-order valence-corrected chi connectivity index (χ4v) is 10.5. The van der Waals surface area contributed by atoms with Crippen molar-refractivity contribution in [3.05, 3.63) is 36.5 Å². The summed E-state index contributed by atoms with van der Waals surface area (Å²) in [6, 6.07) is -0.624. The molecule has 0 spiro atoms. The fourth-order valence-electron chi connectivity index (χ4n) is 10.5. The fraction of sp³-hybridized carbons (Fsp3) is 0.884. The van der Waals surface area contributed by atoms with Gasteiger partial charge in [-0.25, -0.2) is 0 Å². The monoisotopic (exact) mass is 1050 g/mol. The Morgan fingerprint density at radius 2 is 0.667 bits per heavy atom. The molecule has 75 heavy (non-hydrogen) atoms. The lowest BCUT2D eigenvalue weighted by Gasteiger charge is -2.20. The van der Waals surface area contributed by atoms with Gasteiger partial charge in [-0.3, -0.25) is 9.59 Å². The van der Waals surface area contributed by atoms with E-state index < -0.39 is 12.1 Å². The molecule has 6 heteroatoms. The number of nitrogens with one attached hydrogen (secondary N) is 1. The summed E-state index contributed by atoms with van der Waals surface area (Å²) in [6.07, 6.45) is 82.2. The van der Waals surface area contributed by atoms with E-state index in [0.717, 1.165) is 51.4 Å². The normalized spacial score (nSPS) is 12.7. The Balaban J connectivity index is 3.33. The van der Waals surface area contributed by atoms with E-state index in [9.17, 15) is 19.8 Å². The Morgan fingerprint density at radius 3 is 1.03 bits per heavy atom. The highest BCUT2D eigenvalue weighted by atomic mass is 16.5. The van der Waals surface area contributed by atoms with Crippen LogP contribution in [0.3, 0.4) is 0 Å². The van der Waals surface area contributed by atoms with Gasteiger partial charge in [0.15, 0.2) is 0 Å². The standard InChI is InChI=1S/C69H131NO5/c1-3-5-7-9-11-13-15-16-17-18-33-36-39-43-47-51-55-59-63-69(74)75-64-60-56-52-48-44-40-37-34-31-29-27-25-23-21-19-20-22-24-26-28-30-32-35-38-42-46-50-54-58-62-68(73)70-66(65-71)67(72)61-57-53-49-45-41-14-12-10-8-6-4-2/h13,15,17-18,57,61,66-67,71-72H,3-12,14,16,19-56,58-60,62-65H2,1-2H3,(H,70,73)/b15-13-,18-17-,61-57+. The maximum absolute atomic E-state index is 12.4. The molecule has 0 fully saturated rings. The molecule has 0 aliphatic heterocycles. The molecular weight excluding hydrogens is 923 g/mol. The number of carbonyl (C=O) groups excluding carboxylic acids is 2. The zero-order valence-corrected chi connectivity index (χ0v) is 50.5. The van der Waals surface area contributed by atoms with E-state index in [4.69, 9.17) is 4.74 Å². The van der Waals surface area contributed by atoms with Crippen LogP contribution in [0.15, 0.2) is 36.5 Å². The number of aliphatic hydroxyl groups is 2. The van der Waals surface area contributed by atoms with Gasteiger partial charge in [-0.15, -0.1) is 0 Å². The molecule has 442 valence electrons. The predicted molar refractivity (Wildman–Crippen MR) is 329 cm³/mol. The Kier molecular flexibility index (Phi) is 63.0. The molecule has 0 aromatic rings. The number of allylic oxidation sites excluding steroid dienone is 5. The molecule has 0 heterocycles. The Labute approximate surface area is 468 Å². The van der Waals surface area contributed by atoms with Crippen LogP contribution in [0, 0.1) is 0 Å². The van der Waals surface area contributed by atoms with Crippen LogP contribution in [-0.4, -0.2) is 47.4 Å². The van der Waals surface area contributed by atoms with Crippen LogP contribution in [0.1, 0.15) is 367 Å². The molecule has 0 aliphatic carbocycles. The molecule has 0 aromatic heterocycles. The Morgan fingerprint density at radius 1 is 0.373 bits per heavy atom. The van der Waals surface area contributed by atoms with Crippen molar-refractivity contribution >= 4 is 11.9 Å². The van der Waals surface area contributed by atoms with E-state index >= 15 is 0 Å². The Hall–Kier alpha value is -1.92. The highest BCUT2D eigenvalue weighted by molar-refractivity contribution is 5.76. The Bertz CT molecular complexity index is 1210. The summed E-state index contributed by atoms with van der Waals surface area (Å²) in [5.41, 5.74) is 0. The number of hydrogen-bond donors (Lipinski definition) is 3. The summed E-state index contributed by atoms with van der Waals surface area (Å²) in [7, 11) is 0. The van der Waals surface area contributed by atoms with Gasteiger partial charge in [0.2, 0.25) is 5.91 Å². The van der Waals surface area contributed by atoms with Crippen molar-refractivity contribution < 1.29 is 24.5 Å². The molecular formula is C69H131NO5. The highest BCUT2D eigenvalue weighted by Gasteiger charge is 2.18. The van der Waals surface area contributed by atoms with Crippen LogP contribution in [0.2, 0.25) is 0 Å². The second kappa shape index (κ2) is 64.6. The van der Waals surface area contributed by atoms with Gasteiger partial charge in [-0.05, 0) is 64.2 Å². The van der Waals surface area contributed by atoms with Crippen molar-refractivity contribution in [3.63, 3.8) is 0 Å². The molecule has 0 saturated carbocycles.